The van der Waals surface area contributed by atoms with Crippen LogP contribution in [0.2, 0.25) is 0 Å². The molecule has 1 N–H and O–H groups in total. The predicted molar refractivity (Wildman–Crippen MR) is 131 cm³/mol. The third-order valence-corrected chi connectivity index (χ3v) is 6.31. The van der Waals surface area contributed by atoms with Crippen molar-refractivity contribution < 1.29 is 4.74 Å². The highest BCUT2D eigenvalue weighted by atomic mass is 79.9. The lowest BCUT2D eigenvalue weighted by molar-refractivity contribution is 0.358. The topological polar surface area (TPSA) is 78.8 Å². The molecule has 0 aliphatic carbocycles. The number of hydrazone groups is 1. The van der Waals surface area contributed by atoms with Crippen LogP contribution in [0.1, 0.15) is 31.2 Å². The Morgan fingerprint density at radius 3 is 2.03 bits per heavy atom. The summed E-state index contributed by atoms with van der Waals surface area (Å²) in [5.74, 6) is 2.63. The predicted octanol–water partition coefficient (Wildman–Crippen LogP) is 4.61. The van der Waals surface area contributed by atoms with Crippen LogP contribution in [0.3, 0.4) is 0 Å². The number of hydrogen-bond acceptors (Lipinski definition) is 8. The molecule has 10 heteroatoms. The second kappa shape index (κ2) is 10.4. The molecule has 0 unspecified atom stereocenters. The maximum Gasteiger partial charge on any atom is 0.250 e. The molecular weight excluding hydrogens is 526 g/mol. The molecule has 0 atom stereocenters. The van der Waals surface area contributed by atoms with Crippen molar-refractivity contribution in [2.24, 2.45) is 5.10 Å². The summed E-state index contributed by atoms with van der Waals surface area (Å²) in [6.45, 7) is 8.03. The molecule has 2 aromatic rings. The van der Waals surface area contributed by atoms with Crippen LogP contribution in [0.4, 0.5) is 17.8 Å². The zero-order valence-electron chi connectivity index (χ0n) is 17.2. The minimum atomic E-state index is 0.435. The number of rotatable bonds is 8. The van der Waals surface area contributed by atoms with Crippen LogP contribution in [-0.2, 0) is 0 Å². The van der Waals surface area contributed by atoms with E-state index in [1.807, 2.05) is 12.1 Å². The Morgan fingerprint density at radius 2 is 1.52 bits per heavy atom. The van der Waals surface area contributed by atoms with E-state index in [4.69, 9.17) is 9.72 Å². The van der Waals surface area contributed by atoms with Crippen molar-refractivity contribution in [1.29, 1.82) is 0 Å². The standard InChI is InChI=1S/C21H25Br2N7O/c1-2-11-31-18-16(22)12-15(13-17(18)23)14-24-28-19-25-20(29-7-3-4-8-29)27-21(26-19)30-9-5-6-10-30/h2,12-14H,1,3-11H2,(H,25,26,27,28)/b24-14-. The molecule has 0 amide bonds. The summed E-state index contributed by atoms with van der Waals surface area (Å²) >= 11 is 7.09. The van der Waals surface area contributed by atoms with E-state index in [-0.39, 0.29) is 0 Å². The molecule has 2 aliphatic rings. The first-order chi connectivity index (χ1) is 15.1. The van der Waals surface area contributed by atoms with Crippen LogP contribution < -0.4 is 20.0 Å². The number of anilines is 3. The van der Waals surface area contributed by atoms with Crippen molar-refractivity contribution in [2.45, 2.75) is 25.7 Å². The Labute approximate surface area is 199 Å². The summed E-state index contributed by atoms with van der Waals surface area (Å²) in [5.41, 5.74) is 3.88. The van der Waals surface area contributed by atoms with Gasteiger partial charge in [-0.15, -0.1) is 0 Å². The van der Waals surface area contributed by atoms with Gasteiger partial charge in [0.2, 0.25) is 17.8 Å². The summed E-state index contributed by atoms with van der Waals surface area (Å²) in [6.07, 6.45) is 8.11. The van der Waals surface area contributed by atoms with Crippen molar-refractivity contribution in [3.8, 4) is 5.75 Å². The SMILES string of the molecule is C=CCOc1c(Br)cc(/C=N\Nc2nc(N3CCCC3)nc(N3CCCC3)n2)cc1Br. The Balaban J connectivity index is 1.51. The molecule has 2 saturated heterocycles. The van der Waals surface area contributed by atoms with Gasteiger partial charge >= 0.3 is 0 Å². The third kappa shape index (κ3) is 5.54. The number of halogens is 2. The number of aromatic nitrogens is 3. The molecule has 8 nitrogen and oxygen atoms in total. The van der Waals surface area contributed by atoms with E-state index in [9.17, 15) is 0 Å². The minimum Gasteiger partial charge on any atom is -0.487 e. The number of benzene rings is 1. The normalized spacial score (nSPS) is 16.3. The smallest absolute Gasteiger partial charge is 0.250 e. The van der Waals surface area contributed by atoms with E-state index in [1.165, 1.54) is 25.7 Å². The van der Waals surface area contributed by atoms with Crippen LogP contribution >= 0.6 is 31.9 Å². The number of hydrogen-bond donors (Lipinski definition) is 1. The first-order valence-electron chi connectivity index (χ1n) is 10.4. The summed E-state index contributed by atoms with van der Waals surface area (Å²) in [7, 11) is 0. The summed E-state index contributed by atoms with van der Waals surface area (Å²) in [5, 5.41) is 4.36. The largest absolute Gasteiger partial charge is 0.487 e. The number of nitrogens with one attached hydrogen (secondary N) is 1. The highest BCUT2D eigenvalue weighted by molar-refractivity contribution is 9.11. The average molecular weight is 551 g/mol. The van der Waals surface area contributed by atoms with Crippen LogP contribution in [0, 0.1) is 0 Å². The summed E-state index contributed by atoms with van der Waals surface area (Å²) < 4.78 is 7.32. The fourth-order valence-electron chi connectivity index (χ4n) is 3.62. The highest BCUT2D eigenvalue weighted by Gasteiger charge is 2.21. The van der Waals surface area contributed by atoms with Crippen molar-refractivity contribution in [2.75, 3.05) is 48.0 Å². The van der Waals surface area contributed by atoms with Gasteiger partial charge in [-0.1, -0.05) is 12.7 Å². The summed E-state index contributed by atoms with van der Waals surface area (Å²) in [4.78, 5) is 18.4. The van der Waals surface area contributed by atoms with E-state index in [1.54, 1.807) is 12.3 Å². The molecular formula is C21H25Br2N7O. The lowest BCUT2D eigenvalue weighted by Gasteiger charge is -2.20. The van der Waals surface area contributed by atoms with Crippen LogP contribution in [-0.4, -0.2) is 54.0 Å². The number of ether oxygens (including phenoxy) is 1. The molecule has 4 rings (SSSR count). The lowest BCUT2D eigenvalue weighted by Crippen LogP contribution is -2.25. The molecule has 31 heavy (non-hydrogen) atoms. The van der Waals surface area contributed by atoms with Crippen molar-refractivity contribution in [3.05, 3.63) is 39.3 Å². The molecule has 1 aromatic heterocycles. The van der Waals surface area contributed by atoms with Crippen molar-refractivity contribution in [1.82, 2.24) is 15.0 Å². The Bertz CT molecular complexity index is 899. The average Bonchev–Trinajstić information content (AvgIpc) is 3.47. The first-order valence-corrected chi connectivity index (χ1v) is 12.0. The van der Waals surface area contributed by atoms with E-state index < -0.39 is 0 Å². The van der Waals surface area contributed by atoms with Gasteiger partial charge < -0.3 is 14.5 Å². The molecule has 0 bridgehead atoms. The van der Waals surface area contributed by atoms with E-state index in [0.29, 0.717) is 12.6 Å². The lowest BCUT2D eigenvalue weighted by atomic mass is 10.2. The third-order valence-electron chi connectivity index (χ3n) is 5.13. The second-order valence-corrected chi connectivity index (χ2v) is 9.14. The maximum absolute atomic E-state index is 5.66. The Hall–Kier alpha value is -2.20. The fourth-order valence-corrected chi connectivity index (χ4v) is 5.07. The van der Waals surface area contributed by atoms with Gasteiger partial charge in [0, 0.05) is 26.2 Å². The van der Waals surface area contributed by atoms with Gasteiger partial charge in [-0.25, -0.2) is 5.43 Å². The quantitative estimate of drug-likeness (QED) is 0.292. The Kier molecular flexibility index (Phi) is 7.39. The van der Waals surface area contributed by atoms with Gasteiger partial charge in [0.25, 0.3) is 0 Å². The monoisotopic (exact) mass is 549 g/mol. The first kappa shape index (κ1) is 22.0. The fraction of sp³-hybridized carbons (Fsp3) is 0.429. The van der Waals surface area contributed by atoms with E-state index in [2.05, 4.69) is 68.7 Å². The zero-order chi connectivity index (χ0) is 21.6. The molecule has 2 fully saturated rings. The summed E-state index contributed by atoms with van der Waals surface area (Å²) in [6, 6.07) is 3.88. The van der Waals surface area contributed by atoms with Gasteiger partial charge in [0.15, 0.2) is 0 Å². The molecule has 3 heterocycles. The molecule has 0 spiro atoms. The van der Waals surface area contributed by atoms with E-state index >= 15 is 0 Å². The molecule has 164 valence electrons. The van der Waals surface area contributed by atoms with Crippen molar-refractivity contribution in [3.63, 3.8) is 0 Å². The minimum absolute atomic E-state index is 0.435. The van der Waals surface area contributed by atoms with E-state index in [0.717, 1.165) is 58.3 Å². The molecule has 2 aliphatic heterocycles. The Morgan fingerprint density at radius 1 is 0.968 bits per heavy atom. The molecule has 1 aromatic carbocycles. The van der Waals surface area contributed by atoms with Crippen LogP contribution in [0.15, 0.2) is 38.8 Å². The number of nitrogens with zero attached hydrogens (tertiary/aromatic N) is 6. The van der Waals surface area contributed by atoms with Gasteiger partial charge in [-0.2, -0.15) is 20.1 Å². The zero-order valence-corrected chi connectivity index (χ0v) is 20.4. The highest BCUT2D eigenvalue weighted by Crippen LogP contribution is 2.34. The van der Waals surface area contributed by atoms with Gasteiger partial charge in [-0.05, 0) is 75.2 Å². The van der Waals surface area contributed by atoms with Gasteiger partial charge in [-0.3, -0.25) is 0 Å². The molecule has 0 saturated carbocycles. The van der Waals surface area contributed by atoms with Crippen LogP contribution in [0.25, 0.3) is 0 Å². The second-order valence-electron chi connectivity index (χ2n) is 7.43. The van der Waals surface area contributed by atoms with Crippen molar-refractivity contribution >= 4 is 55.9 Å². The van der Waals surface area contributed by atoms with Gasteiger partial charge in [0.05, 0.1) is 15.2 Å². The maximum atomic E-state index is 5.66. The van der Waals surface area contributed by atoms with Gasteiger partial charge in [0.1, 0.15) is 12.4 Å². The van der Waals surface area contributed by atoms with Crippen LogP contribution in [0.5, 0.6) is 5.75 Å². The molecule has 0 radical (unpaired) electrons.